The number of rotatable bonds is 5. The molecular formula is C6H11NO4S. The summed E-state index contributed by atoms with van der Waals surface area (Å²) >= 11 is 1.22. The number of carbonyl (C=O) groups excluding carboxylic acids is 1. The Morgan fingerprint density at radius 1 is 1.83 bits per heavy atom. The Morgan fingerprint density at radius 3 is 2.58 bits per heavy atom. The van der Waals surface area contributed by atoms with Crippen molar-refractivity contribution in [3.05, 3.63) is 0 Å². The molecule has 0 aliphatic carbocycles. The van der Waals surface area contributed by atoms with Crippen molar-refractivity contribution in [2.24, 2.45) is 5.73 Å². The van der Waals surface area contributed by atoms with Crippen molar-refractivity contribution in [2.75, 3.05) is 12.0 Å². The minimum absolute atomic E-state index is 0.0518. The lowest BCUT2D eigenvalue weighted by Gasteiger charge is -2.23. The molecular weight excluding hydrogens is 182 g/mol. The Labute approximate surface area is 73.9 Å². The van der Waals surface area contributed by atoms with Gasteiger partial charge in [0.1, 0.15) is 0 Å². The number of carbonyl (C=O) groups is 2. The van der Waals surface area contributed by atoms with Gasteiger partial charge in [-0.1, -0.05) is 0 Å². The van der Waals surface area contributed by atoms with E-state index in [0.717, 1.165) is 0 Å². The summed E-state index contributed by atoms with van der Waals surface area (Å²) in [5, 5.41) is 17.7. The van der Waals surface area contributed by atoms with Gasteiger partial charge in [0, 0.05) is 5.75 Å². The Bertz CT molecular complexity index is 186. The van der Waals surface area contributed by atoms with Crippen LogP contribution in [0, 0.1) is 0 Å². The topological polar surface area (TPSA) is 101 Å². The van der Waals surface area contributed by atoms with Crippen molar-refractivity contribution >= 4 is 24.0 Å². The molecule has 12 heavy (non-hydrogen) atoms. The van der Waals surface area contributed by atoms with E-state index in [-0.39, 0.29) is 12.0 Å². The lowest BCUT2D eigenvalue weighted by molar-refractivity contribution is -0.149. The molecule has 5 nitrogen and oxygen atoms in total. The monoisotopic (exact) mass is 193 g/mol. The highest BCUT2D eigenvalue weighted by atomic mass is 32.2. The molecule has 0 aromatic heterocycles. The van der Waals surface area contributed by atoms with E-state index in [2.05, 4.69) is 0 Å². The minimum atomic E-state index is -2.18. The van der Waals surface area contributed by atoms with Crippen LogP contribution in [0.2, 0.25) is 0 Å². The average molecular weight is 193 g/mol. The first-order chi connectivity index (χ1) is 5.49. The molecule has 2 atom stereocenters. The molecule has 0 saturated carbocycles. The Balaban J connectivity index is 4.50. The fourth-order valence-corrected chi connectivity index (χ4v) is 1.16. The molecule has 0 heterocycles. The molecule has 0 amide bonds. The molecule has 1 unspecified atom stereocenters. The van der Waals surface area contributed by atoms with Gasteiger partial charge in [-0.05, 0) is 6.26 Å². The molecule has 70 valence electrons. The van der Waals surface area contributed by atoms with Crippen LogP contribution in [0.5, 0.6) is 0 Å². The lowest BCUT2D eigenvalue weighted by Crippen LogP contribution is -2.59. The SMILES string of the molecule is CSCC(O)[C@@](N)(C=O)C(=O)O. The second-order valence-corrected chi connectivity index (χ2v) is 3.24. The molecule has 6 heteroatoms. The van der Waals surface area contributed by atoms with Gasteiger partial charge in [-0.15, -0.1) is 0 Å². The molecule has 0 bridgehead atoms. The largest absolute Gasteiger partial charge is 0.479 e. The summed E-state index contributed by atoms with van der Waals surface area (Å²) in [6, 6.07) is 0. The summed E-state index contributed by atoms with van der Waals surface area (Å²) < 4.78 is 0. The number of carboxylic acid groups (broad SMARTS) is 1. The van der Waals surface area contributed by atoms with Crippen molar-refractivity contribution in [2.45, 2.75) is 11.6 Å². The summed E-state index contributed by atoms with van der Waals surface area (Å²) in [7, 11) is 0. The third kappa shape index (κ3) is 2.20. The Hall–Kier alpha value is -0.590. The number of aliphatic hydroxyl groups is 1. The fourth-order valence-electron chi connectivity index (χ4n) is 0.567. The predicted molar refractivity (Wildman–Crippen MR) is 45.0 cm³/mol. The number of hydrogen-bond donors (Lipinski definition) is 3. The molecule has 0 fully saturated rings. The van der Waals surface area contributed by atoms with E-state index in [1.165, 1.54) is 11.8 Å². The summed E-state index contributed by atoms with van der Waals surface area (Å²) in [6.07, 6.45) is 0.370. The molecule has 0 aliphatic rings. The molecule has 0 rings (SSSR count). The number of thioether (sulfide) groups is 1. The van der Waals surface area contributed by atoms with Crippen LogP contribution in [0.4, 0.5) is 0 Å². The van der Waals surface area contributed by atoms with Crippen LogP contribution in [0.25, 0.3) is 0 Å². The van der Waals surface area contributed by atoms with Crippen LogP contribution in [0.3, 0.4) is 0 Å². The first-order valence-corrected chi connectivity index (χ1v) is 4.54. The number of hydrogen-bond acceptors (Lipinski definition) is 5. The summed E-state index contributed by atoms with van der Waals surface area (Å²) in [5.41, 5.74) is 2.96. The van der Waals surface area contributed by atoms with E-state index in [1.807, 2.05) is 0 Å². The first-order valence-electron chi connectivity index (χ1n) is 3.14. The maximum absolute atomic E-state index is 10.4. The maximum Gasteiger partial charge on any atom is 0.333 e. The van der Waals surface area contributed by atoms with Gasteiger partial charge in [-0.2, -0.15) is 11.8 Å². The second-order valence-electron chi connectivity index (χ2n) is 2.33. The van der Waals surface area contributed by atoms with Gasteiger partial charge in [-0.3, -0.25) is 0 Å². The van der Waals surface area contributed by atoms with E-state index < -0.39 is 17.6 Å². The first kappa shape index (κ1) is 11.4. The smallest absolute Gasteiger partial charge is 0.333 e. The zero-order valence-corrected chi connectivity index (χ0v) is 7.37. The van der Waals surface area contributed by atoms with Crippen molar-refractivity contribution < 1.29 is 19.8 Å². The highest BCUT2D eigenvalue weighted by molar-refractivity contribution is 7.98. The molecule has 0 saturated heterocycles. The van der Waals surface area contributed by atoms with Crippen LogP contribution in [-0.2, 0) is 9.59 Å². The third-order valence-electron chi connectivity index (χ3n) is 1.44. The Kier molecular flexibility index (Phi) is 4.22. The number of carboxylic acids is 1. The molecule has 0 aromatic rings. The lowest BCUT2D eigenvalue weighted by atomic mass is 9.97. The van der Waals surface area contributed by atoms with E-state index in [9.17, 15) is 14.7 Å². The van der Waals surface area contributed by atoms with E-state index >= 15 is 0 Å². The number of aldehydes is 1. The van der Waals surface area contributed by atoms with Crippen molar-refractivity contribution in [1.82, 2.24) is 0 Å². The van der Waals surface area contributed by atoms with Crippen molar-refractivity contribution in [3.8, 4) is 0 Å². The minimum Gasteiger partial charge on any atom is -0.479 e. The number of aliphatic hydroxyl groups excluding tert-OH is 1. The summed E-state index contributed by atoms with van der Waals surface area (Å²) in [5.74, 6) is -1.40. The molecule has 0 radical (unpaired) electrons. The van der Waals surface area contributed by atoms with E-state index in [4.69, 9.17) is 10.8 Å². The van der Waals surface area contributed by atoms with Gasteiger partial charge in [0.25, 0.3) is 0 Å². The van der Waals surface area contributed by atoms with Crippen LogP contribution in [0.15, 0.2) is 0 Å². The second kappa shape index (κ2) is 4.44. The van der Waals surface area contributed by atoms with Crippen molar-refractivity contribution in [3.63, 3.8) is 0 Å². The Morgan fingerprint density at radius 2 is 2.33 bits per heavy atom. The number of aliphatic carboxylic acids is 1. The van der Waals surface area contributed by atoms with Crippen molar-refractivity contribution in [1.29, 1.82) is 0 Å². The quantitative estimate of drug-likeness (QED) is 0.370. The highest BCUT2D eigenvalue weighted by Gasteiger charge is 2.41. The van der Waals surface area contributed by atoms with Gasteiger partial charge in [0.15, 0.2) is 11.8 Å². The zero-order chi connectivity index (χ0) is 9.78. The van der Waals surface area contributed by atoms with Crippen LogP contribution >= 0.6 is 11.8 Å². The van der Waals surface area contributed by atoms with E-state index in [1.54, 1.807) is 6.26 Å². The van der Waals surface area contributed by atoms with E-state index in [0.29, 0.717) is 0 Å². The molecule has 4 N–H and O–H groups in total. The molecule has 0 spiro atoms. The predicted octanol–water partition coefficient (Wildman–Crippen LogP) is -1.31. The fraction of sp³-hybridized carbons (Fsp3) is 0.667. The zero-order valence-electron chi connectivity index (χ0n) is 6.56. The van der Waals surface area contributed by atoms with Crippen LogP contribution in [0.1, 0.15) is 0 Å². The summed E-state index contributed by atoms with van der Waals surface area (Å²) in [6.45, 7) is 0. The maximum atomic E-state index is 10.4. The average Bonchev–Trinajstić information content (AvgIpc) is 2.03. The number of nitrogens with two attached hydrogens (primary N) is 1. The summed E-state index contributed by atoms with van der Waals surface area (Å²) in [4.78, 5) is 20.8. The van der Waals surface area contributed by atoms with Gasteiger partial charge >= 0.3 is 5.97 Å². The molecule has 0 aliphatic heterocycles. The van der Waals surface area contributed by atoms with Crippen LogP contribution < -0.4 is 5.73 Å². The normalized spacial score (nSPS) is 17.9. The highest BCUT2D eigenvalue weighted by Crippen LogP contribution is 2.09. The van der Waals surface area contributed by atoms with Gasteiger partial charge in [0.05, 0.1) is 6.10 Å². The van der Waals surface area contributed by atoms with Gasteiger partial charge in [0.2, 0.25) is 0 Å². The van der Waals surface area contributed by atoms with Gasteiger partial charge in [-0.25, -0.2) is 4.79 Å². The standard InChI is InChI=1S/C6H11NO4S/c1-12-2-4(9)6(7,3-8)5(10)11/h3-4,9H,2,7H2,1H3,(H,10,11)/t4?,6-/m0/s1. The van der Waals surface area contributed by atoms with Gasteiger partial charge < -0.3 is 20.7 Å². The van der Waals surface area contributed by atoms with Crippen LogP contribution in [-0.4, -0.2) is 46.1 Å². The third-order valence-corrected chi connectivity index (χ3v) is 2.09. The molecule has 0 aromatic carbocycles.